The van der Waals surface area contributed by atoms with E-state index in [-0.39, 0.29) is 12.0 Å². The Morgan fingerprint density at radius 2 is 2.16 bits per heavy atom. The van der Waals surface area contributed by atoms with Crippen molar-refractivity contribution in [2.45, 2.75) is 45.8 Å². The summed E-state index contributed by atoms with van der Waals surface area (Å²) in [7, 11) is 0. The molecule has 1 unspecified atom stereocenters. The van der Waals surface area contributed by atoms with Crippen molar-refractivity contribution in [3.8, 4) is 11.3 Å². The van der Waals surface area contributed by atoms with Crippen LogP contribution >= 0.6 is 11.6 Å². The Balaban J connectivity index is 1.47. The molecule has 1 spiro atoms. The smallest absolute Gasteiger partial charge is 0.202 e. The van der Waals surface area contributed by atoms with Gasteiger partial charge in [-0.3, -0.25) is 5.10 Å². The molecule has 3 aromatic rings. The minimum atomic E-state index is -0.197. The first-order chi connectivity index (χ1) is 15.5. The molecule has 5 rings (SSSR count). The molecule has 170 valence electrons. The number of anilines is 2. The largest absolute Gasteiger partial charge is 0.390 e. The van der Waals surface area contributed by atoms with E-state index in [0.29, 0.717) is 51.9 Å². The third kappa shape index (κ3) is 3.68. The van der Waals surface area contributed by atoms with Gasteiger partial charge < -0.3 is 20.1 Å². The van der Waals surface area contributed by atoms with Crippen LogP contribution in [0.2, 0.25) is 5.02 Å². The molecule has 3 aromatic heterocycles. The summed E-state index contributed by atoms with van der Waals surface area (Å²) in [5.74, 6) is 1.31. The van der Waals surface area contributed by atoms with Gasteiger partial charge in [-0.15, -0.1) is 0 Å². The SMILES string of the molecule is CCNc1nccc(-c2[nH]nc3nc(N4CCC5(CC4)COC(C)C5)c(CO)nc23)c1Cl. The quantitative estimate of drug-likeness (QED) is 0.534. The van der Waals surface area contributed by atoms with Crippen molar-refractivity contribution in [2.24, 2.45) is 5.41 Å². The maximum atomic E-state index is 10.1. The van der Waals surface area contributed by atoms with Crippen LogP contribution in [0.25, 0.3) is 22.4 Å². The second kappa shape index (κ2) is 8.46. The van der Waals surface area contributed by atoms with E-state index in [1.165, 1.54) is 0 Å². The zero-order valence-electron chi connectivity index (χ0n) is 18.4. The Labute approximate surface area is 191 Å². The van der Waals surface area contributed by atoms with Gasteiger partial charge in [-0.2, -0.15) is 5.10 Å². The predicted octanol–water partition coefficient (Wildman–Crippen LogP) is 3.39. The number of H-pyrrole nitrogens is 1. The van der Waals surface area contributed by atoms with Crippen LogP contribution in [-0.4, -0.2) is 62.6 Å². The molecule has 2 fully saturated rings. The minimum Gasteiger partial charge on any atom is -0.390 e. The highest BCUT2D eigenvalue weighted by atomic mass is 35.5. The van der Waals surface area contributed by atoms with Gasteiger partial charge in [0.15, 0.2) is 5.82 Å². The molecule has 3 N–H and O–H groups in total. The molecule has 1 atom stereocenters. The molecule has 0 bridgehead atoms. The number of aliphatic hydroxyl groups excluding tert-OH is 1. The lowest BCUT2D eigenvalue weighted by atomic mass is 9.77. The molecule has 0 saturated carbocycles. The average Bonchev–Trinajstić information content (AvgIpc) is 3.38. The van der Waals surface area contributed by atoms with Gasteiger partial charge in [-0.05, 0) is 44.6 Å². The highest BCUT2D eigenvalue weighted by Gasteiger charge is 2.41. The van der Waals surface area contributed by atoms with Gasteiger partial charge in [0.25, 0.3) is 0 Å². The second-order valence-electron chi connectivity index (χ2n) is 8.79. The lowest BCUT2D eigenvalue weighted by Gasteiger charge is -2.39. The van der Waals surface area contributed by atoms with Gasteiger partial charge in [0.1, 0.15) is 17.0 Å². The maximum Gasteiger partial charge on any atom is 0.202 e. The topological polar surface area (TPSA) is 112 Å². The van der Waals surface area contributed by atoms with Gasteiger partial charge in [-0.25, -0.2) is 15.0 Å². The van der Waals surface area contributed by atoms with Crippen LogP contribution in [0.3, 0.4) is 0 Å². The molecule has 2 aliphatic heterocycles. The third-order valence-electron chi connectivity index (χ3n) is 6.61. The van der Waals surface area contributed by atoms with Gasteiger partial charge in [0.2, 0.25) is 5.65 Å². The van der Waals surface area contributed by atoms with Crippen molar-refractivity contribution in [1.29, 1.82) is 0 Å². The predicted molar refractivity (Wildman–Crippen MR) is 124 cm³/mol. The van der Waals surface area contributed by atoms with Crippen LogP contribution in [0, 0.1) is 5.41 Å². The van der Waals surface area contributed by atoms with E-state index in [4.69, 9.17) is 26.3 Å². The zero-order chi connectivity index (χ0) is 22.3. The van der Waals surface area contributed by atoms with Gasteiger partial charge in [0.05, 0.1) is 30.0 Å². The Bertz CT molecular complexity index is 1130. The first-order valence-electron chi connectivity index (χ1n) is 11.1. The Hall–Kier alpha value is -2.49. The number of nitrogens with zero attached hydrogens (tertiary/aromatic N) is 5. The van der Waals surface area contributed by atoms with Crippen LogP contribution in [0.4, 0.5) is 11.6 Å². The van der Waals surface area contributed by atoms with Crippen LogP contribution in [0.5, 0.6) is 0 Å². The number of aromatic amines is 1. The highest BCUT2D eigenvalue weighted by Crippen LogP contribution is 2.43. The number of pyridine rings is 1. The molecule has 2 aliphatic rings. The number of ether oxygens (including phenoxy) is 1. The number of rotatable bonds is 5. The summed E-state index contributed by atoms with van der Waals surface area (Å²) in [6, 6.07) is 1.82. The number of halogens is 1. The summed E-state index contributed by atoms with van der Waals surface area (Å²) in [6.07, 6.45) is 5.24. The second-order valence-corrected chi connectivity index (χ2v) is 9.17. The van der Waals surface area contributed by atoms with Crippen molar-refractivity contribution in [3.63, 3.8) is 0 Å². The first kappa shape index (κ1) is 21.4. The number of piperidine rings is 1. The molecule has 32 heavy (non-hydrogen) atoms. The average molecular weight is 458 g/mol. The van der Waals surface area contributed by atoms with Crippen molar-refractivity contribution in [1.82, 2.24) is 25.1 Å². The van der Waals surface area contributed by atoms with Gasteiger partial charge >= 0.3 is 0 Å². The van der Waals surface area contributed by atoms with Crippen molar-refractivity contribution in [3.05, 3.63) is 23.0 Å². The molecule has 5 heterocycles. The maximum absolute atomic E-state index is 10.1. The molecule has 0 radical (unpaired) electrons. The van der Waals surface area contributed by atoms with Gasteiger partial charge in [-0.1, -0.05) is 11.6 Å². The fourth-order valence-electron chi connectivity index (χ4n) is 4.92. The molecule has 0 amide bonds. The number of aromatic nitrogens is 5. The van der Waals surface area contributed by atoms with Crippen molar-refractivity contribution < 1.29 is 9.84 Å². The zero-order valence-corrected chi connectivity index (χ0v) is 19.1. The van der Waals surface area contributed by atoms with E-state index in [9.17, 15) is 5.11 Å². The molecule has 0 aromatic carbocycles. The first-order valence-corrected chi connectivity index (χ1v) is 11.5. The summed E-state index contributed by atoms with van der Waals surface area (Å²) in [4.78, 5) is 16.0. The van der Waals surface area contributed by atoms with E-state index in [2.05, 4.69) is 32.3 Å². The molecule has 2 saturated heterocycles. The molecule has 0 aliphatic carbocycles. The summed E-state index contributed by atoms with van der Waals surface area (Å²) < 4.78 is 5.85. The normalized spacial score (nSPS) is 20.4. The monoisotopic (exact) mass is 457 g/mol. The van der Waals surface area contributed by atoms with E-state index < -0.39 is 0 Å². The number of nitrogens with one attached hydrogen (secondary N) is 2. The number of aliphatic hydroxyl groups is 1. The fourth-order valence-corrected chi connectivity index (χ4v) is 5.20. The van der Waals surface area contributed by atoms with Crippen LogP contribution in [-0.2, 0) is 11.3 Å². The van der Waals surface area contributed by atoms with E-state index >= 15 is 0 Å². The van der Waals surface area contributed by atoms with E-state index in [0.717, 1.165) is 44.5 Å². The van der Waals surface area contributed by atoms with Crippen LogP contribution < -0.4 is 10.2 Å². The Morgan fingerprint density at radius 1 is 1.34 bits per heavy atom. The third-order valence-corrected chi connectivity index (χ3v) is 6.99. The van der Waals surface area contributed by atoms with Crippen molar-refractivity contribution in [2.75, 3.05) is 36.5 Å². The highest BCUT2D eigenvalue weighted by molar-refractivity contribution is 6.35. The lowest BCUT2D eigenvalue weighted by Crippen LogP contribution is -2.41. The number of fused-ring (bicyclic) bond motifs is 1. The summed E-state index contributed by atoms with van der Waals surface area (Å²) in [5.41, 5.74) is 3.30. The number of hydrogen-bond donors (Lipinski definition) is 3. The summed E-state index contributed by atoms with van der Waals surface area (Å²) in [6.45, 7) is 7.21. The van der Waals surface area contributed by atoms with Gasteiger partial charge in [0, 0.05) is 31.4 Å². The minimum absolute atomic E-state index is 0.197. The Morgan fingerprint density at radius 3 is 2.84 bits per heavy atom. The molecular weight excluding hydrogens is 430 g/mol. The lowest BCUT2D eigenvalue weighted by molar-refractivity contribution is 0.0975. The number of hydrogen-bond acceptors (Lipinski definition) is 8. The standard InChI is InChI=1S/C22H28ClN7O2/c1-3-24-19-16(23)14(4-7-25-19)17-18-20(29-28-17)27-21(15(11-31)26-18)30-8-5-22(6-9-30)10-13(2)32-12-22/h4,7,13,31H,3,5-6,8-12H2,1-2H3,(H,24,25)(H,27,28,29). The van der Waals surface area contributed by atoms with Crippen LogP contribution in [0.1, 0.15) is 38.8 Å². The fraction of sp³-hybridized carbons (Fsp3) is 0.545. The summed E-state index contributed by atoms with van der Waals surface area (Å²) in [5, 5.41) is 21.2. The van der Waals surface area contributed by atoms with Crippen LogP contribution in [0.15, 0.2) is 12.3 Å². The molecule has 10 heteroatoms. The Kier molecular flexibility index (Phi) is 5.65. The molecule has 9 nitrogen and oxygen atoms in total. The van der Waals surface area contributed by atoms with E-state index in [1.54, 1.807) is 6.20 Å². The molecular formula is C22H28ClN7O2. The summed E-state index contributed by atoms with van der Waals surface area (Å²) >= 11 is 6.59. The van der Waals surface area contributed by atoms with Crippen molar-refractivity contribution >= 4 is 34.4 Å². The van der Waals surface area contributed by atoms with E-state index in [1.807, 2.05) is 13.0 Å².